The molecule has 1 rings (SSSR count). The van der Waals surface area contributed by atoms with E-state index in [2.05, 4.69) is 0 Å². The van der Waals surface area contributed by atoms with E-state index >= 15 is 0 Å². The summed E-state index contributed by atoms with van der Waals surface area (Å²) in [7, 11) is -2.59. The lowest BCUT2D eigenvalue weighted by atomic mass is 10.1. The summed E-state index contributed by atoms with van der Waals surface area (Å²) in [5.41, 5.74) is 4.61. The maximum atomic E-state index is 11.7. The minimum Gasteiger partial charge on any atom is -0.503 e. The molecule has 0 aliphatic heterocycles. The molecule has 0 saturated heterocycles. The van der Waals surface area contributed by atoms with Gasteiger partial charge in [0.2, 0.25) is 0 Å². The van der Waals surface area contributed by atoms with Crippen molar-refractivity contribution in [2.75, 3.05) is 18.6 Å². The molecule has 0 spiro atoms. The molecule has 0 fully saturated rings. The number of ether oxygens (including phenoxy) is 1. The summed E-state index contributed by atoms with van der Waals surface area (Å²) in [6, 6.07) is 0.884. The molecule has 0 unspecified atom stereocenters. The van der Waals surface area contributed by atoms with Crippen molar-refractivity contribution >= 4 is 21.5 Å². The third kappa shape index (κ3) is 2.19. The SMILES string of the molecule is CCS(=O)(=O)c1cc(C(=O)O)c(OC)c(O)c1N. The van der Waals surface area contributed by atoms with Crippen LogP contribution in [0.1, 0.15) is 17.3 Å². The quantitative estimate of drug-likeness (QED) is 0.538. The van der Waals surface area contributed by atoms with Crippen molar-refractivity contribution in [1.29, 1.82) is 0 Å². The number of carbonyl (C=O) groups is 1. The molecule has 0 saturated carbocycles. The largest absolute Gasteiger partial charge is 0.503 e. The molecule has 0 atom stereocenters. The zero-order chi connectivity index (χ0) is 14.1. The van der Waals surface area contributed by atoms with E-state index in [1.165, 1.54) is 6.92 Å². The standard InChI is InChI=1S/C10H13NO6S/c1-3-18(15,16)6-4-5(10(13)14)9(17-2)8(12)7(6)11/h4,12H,3,11H2,1-2H3,(H,13,14). The zero-order valence-electron chi connectivity index (χ0n) is 9.80. The number of hydrogen-bond donors (Lipinski definition) is 3. The van der Waals surface area contributed by atoms with Crippen LogP contribution in [0.4, 0.5) is 5.69 Å². The van der Waals surface area contributed by atoms with E-state index in [9.17, 15) is 18.3 Å². The van der Waals surface area contributed by atoms with Gasteiger partial charge in [0.25, 0.3) is 0 Å². The highest BCUT2D eigenvalue weighted by atomic mass is 32.2. The van der Waals surface area contributed by atoms with Gasteiger partial charge < -0.3 is 20.7 Å². The predicted molar refractivity (Wildman–Crippen MR) is 63.8 cm³/mol. The van der Waals surface area contributed by atoms with Crippen molar-refractivity contribution in [3.63, 3.8) is 0 Å². The lowest BCUT2D eigenvalue weighted by Crippen LogP contribution is -2.11. The fourth-order valence-corrected chi connectivity index (χ4v) is 2.46. The minimum absolute atomic E-state index is 0.262. The first-order chi connectivity index (χ1) is 8.26. The smallest absolute Gasteiger partial charge is 0.339 e. The number of nitrogens with two attached hydrogens (primary N) is 1. The van der Waals surface area contributed by atoms with Gasteiger partial charge in [0.1, 0.15) is 5.56 Å². The van der Waals surface area contributed by atoms with E-state index in [4.69, 9.17) is 15.6 Å². The van der Waals surface area contributed by atoms with Crippen LogP contribution in [-0.2, 0) is 9.84 Å². The van der Waals surface area contributed by atoms with Gasteiger partial charge in [0.05, 0.1) is 23.4 Å². The van der Waals surface area contributed by atoms with E-state index in [1.807, 2.05) is 0 Å². The molecule has 100 valence electrons. The van der Waals surface area contributed by atoms with Gasteiger partial charge in [0.15, 0.2) is 21.3 Å². The molecule has 0 heterocycles. The van der Waals surface area contributed by atoms with Crippen LogP contribution in [0.15, 0.2) is 11.0 Å². The van der Waals surface area contributed by atoms with E-state index < -0.39 is 37.7 Å². The van der Waals surface area contributed by atoms with Crippen molar-refractivity contribution in [1.82, 2.24) is 0 Å². The summed E-state index contributed by atoms with van der Waals surface area (Å²) < 4.78 is 28.2. The first-order valence-electron chi connectivity index (χ1n) is 4.91. The Kier molecular flexibility index (Phi) is 3.70. The van der Waals surface area contributed by atoms with Crippen molar-refractivity contribution < 1.29 is 28.2 Å². The number of carboxylic acids is 1. The molecule has 7 nitrogen and oxygen atoms in total. The molecule has 0 amide bonds. The van der Waals surface area contributed by atoms with Gasteiger partial charge in [-0.15, -0.1) is 0 Å². The second-order valence-corrected chi connectivity index (χ2v) is 5.67. The Bertz CT molecular complexity index is 593. The van der Waals surface area contributed by atoms with Gasteiger partial charge in [-0.05, 0) is 6.07 Å². The molecule has 4 N–H and O–H groups in total. The maximum Gasteiger partial charge on any atom is 0.339 e. The topological polar surface area (TPSA) is 127 Å². The maximum absolute atomic E-state index is 11.7. The van der Waals surface area contributed by atoms with Gasteiger partial charge in [0, 0.05) is 0 Å². The number of nitrogen functional groups attached to an aromatic ring is 1. The highest BCUT2D eigenvalue weighted by Gasteiger charge is 2.26. The molecular weight excluding hydrogens is 262 g/mol. The number of hydrogen-bond acceptors (Lipinski definition) is 6. The van der Waals surface area contributed by atoms with E-state index in [0.717, 1.165) is 13.2 Å². The third-order valence-electron chi connectivity index (χ3n) is 2.41. The van der Waals surface area contributed by atoms with E-state index in [-0.39, 0.29) is 11.5 Å². The number of benzene rings is 1. The molecule has 0 aromatic heterocycles. The highest BCUT2D eigenvalue weighted by Crippen LogP contribution is 2.40. The Balaban J connectivity index is 3.74. The Morgan fingerprint density at radius 1 is 1.50 bits per heavy atom. The molecule has 0 aliphatic carbocycles. The fourth-order valence-electron chi connectivity index (χ4n) is 1.42. The van der Waals surface area contributed by atoms with Crippen LogP contribution in [0, 0.1) is 0 Å². The molecule has 0 radical (unpaired) electrons. The second kappa shape index (κ2) is 4.73. The Morgan fingerprint density at radius 3 is 2.44 bits per heavy atom. The van der Waals surface area contributed by atoms with Crippen LogP contribution in [0.25, 0.3) is 0 Å². The number of carboxylic acid groups (broad SMARTS) is 1. The van der Waals surface area contributed by atoms with Crippen LogP contribution < -0.4 is 10.5 Å². The van der Waals surface area contributed by atoms with Gasteiger partial charge in [-0.1, -0.05) is 6.92 Å². The number of phenolic OH excluding ortho intramolecular Hbond substituents is 1. The summed E-state index contributed by atoms with van der Waals surface area (Å²) in [6.07, 6.45) is 0. The molecular formula is C10H13NO6S. The third-order valence-corrected chi connectivity index (χ3v) is 4.17. The first kappa shape index (κ1) is 14.1. The minimum atomic E-state index is -3.74. The normalized spacial score (nSPS) is 11.2. The summed E-state index contributed by atoms with van der Waals surface area (Å²) in [5.74, 6) is -2.74. The first-order valence-corrected chi connectivity index (χ1v) is 6.57. The number of aromatic carboxylic acids is 1. The highest BCUT2D eigenvalue weighted by molar-refractivity contribution is 7.91. The van der Waals surface area contributed by atoms with Crippen LogP contribution >= 0.6 is 0 Å². The molecule has 18 heavy (non-hydrogen) atoms. The second-order valence-electron chi connectivity index (χ2n) is 3.43. The fraction of sp³-hybridized carbons (Fsp3) is 0.300. The number of sulfone groups is 1. The van der Waals surface area contributed by atoms with Crippen molar-refractivity contribution in [3.8, 4) is 11.5 Å². The molecule has 0 bridgehead atoms. The molecule has 1 aromatic carbocycles. The molecule has 1 aromatic rings. The van der Waals surface area contributed by atoms with E-state index in [0.29, 0.717) is 0 Å². The average Bonchev–Trinajstić information content (AvgIpc) is 2.31. The number of methoxy groups -OCH3 is 1. The Hall–Kier alpha value is -1.96. The number of phenols is 1. The number of aromatic hydroxyl groups is 1. The van der Waals surface area contributed by atoms with Gasteiger partial charge in [-0.25, -0.2) is 13.2 Å². The van der Waals surface area contributed by atoms with Gasteiger partial charge >= 0.3 is 5.97 Å². The van der Waals surface area contributed by atoms with Crippen molar-refractivity contribution in [2.24, 2.45) is 0 Å². The van der Waals surface area contributed by atoms with Crippen molar-refractivity contribution in [2.45, 2.75) is 11.8 Å². The van der Waals surface area contributed by atoms with Gasteiger partial charge in [-0.3, -0.25) is 0 Å². The Morgan fingerprint density at radius 2 is 2.06 bits per heavy atom. The predicted octanol–water partition coefficient (Wildman–Crippen LogP) is 0.475. The summed E-state index contributed by atoms with van der Waals surface area (Å²) in [6.45, 7) is 1.39. The summed E-state index contributed by atoms with van der Waals surface area (Å²) in [5, 5.41) is 18.6. The lowest BCUT2D eigenvalue weighted by molar-refractivity contribution is 0.0692. The van der Waals surface area contributed by atoms with Crippen LogP contribution in [-0.4, -0.2) is 37.5 Å². The van der Waals surface area contributed by atoms with Gasteiger partial charge in [-0.2, -0.15) is 0 Å². The Labute approximate surface area is 104 Å². The van der Waals surface area contributed by atoms with Crippen LogP contribution in [0.5, 0.6) is 11.5 Å². The lowest BCUT2D eigenvalue weighted by Gasteiger charge is -2.13. The average molecular weight is 275 g/mol. The van der Waals surface area contributed by atoms with Crippen molar-refractivity contribution in [3.05, 3.63) is 11.6 Å². The zero-order valence-corrected chi connectivity index (χ0v) is 10.6. The van der Waals surface area contributed by atoms with Crippen LogP contribution in [0.3, 0.4) is 0 Å². The summed E-state index contributed by atoms with van der Waals surface area (Å²) in [4.78, 5) is 10.6. The summed E-state index contributed by atoms with van der Waals surface area (Å²) >= 11 is 0. The monoisotopic (exact) mass is 275 g/mol. The molecule has 8 heteroatoms. The van der Waals surface area contributed by atoms with E-state index in [1.54, 1.807) is 0 Å². The number of anilines is 1. The number of rotatable bonds is 4. The van der Waals surface area contributed by atoms with Crippen LogP contribution in [0.2, 0.25) is 0 Å². The molecule has 0 aliphatic rings.